The summed E-state index contributed by atoms with van der Waals surface area (Å²) in [6.07, 6.45) is 0. The van der Waals surface area contributed by atoms with Crippen molar-refractivity contribution in [1.29, 1.82) is 0 Å². The number of carbonyl (C=O) groups is 3. The van der Waals surface area contributed by atoms with Gasteiger partial charge in [-0.15, -0.1) is 0 Å². The van der Waals surface area contributed by atoms with Crippen LogP contribution in [0.2, 0.25) is 0 Å². The summed E-state index contributed by atoms with van der Waals surface area (Å²) in [5.41, 5.74) is 0. The number of carboxylic acid groups (broad SMARTS) is 1. The van der Waals surface area contributed by atoms with Crippen molar-refractivity contribution >= 4 is 18.0 Å². The zero-order valence-electron chi connectivity index (χ0n) is 9.67. The summed E-state index contributed by atoms with van der Waals surface area (Å²) in [5.74, 6) is -1.95. The number of aliphatic carboxylic acids is 1. The molecule has 0 unspecified atom stereocenters. The van der Waals surface area contributed by atoms with Crippen molar-refractivity contribution in [3.05, 3.63) is 0 Å². The highest BCUT2D eigenvalue weighted by Crippen LogP contribution is 1.90. The van der Waals surface area contributed by atoms with E-state index < -0.39 is 30.6 Å². The zero-order valence-corrected chi connectivity index (χ0v) is 9.67. The topological polar surface area (TPSA) is 116 Å². The quantitative estimate of drug-likeness (QED) is 0.500. The van der Waals surface area contributed by atoms with Crippen LogP contribution in [-0.2, 0) is 14.3 Å². The van der Waals surface area contributed by atoms with Crippen LogP contribution >= 0.6 is 0 Å². The van der Waals surface area contributed by atoms with Crippen LogP contribution in [0.3, 0.4) is 0 Å². The van der Waals surface area contributed by atoms with E-state index in [9.17, 15) is 14.4 Å². The Balaban J connectivity index is 4.21. The summed E-state index contributed by atoms with van der Waals surface area (Å²) < 4.78 is 4.62. The third-order valence-electron chi connectivity index (χ3n) is 1.80. The summed E-state index contributed by atoms with van der Waals surface area (Å²) in [5, 5.41) is 19.3. The average molecular weight is 248 g/mol. The van der Waals surface area contributed by atoms with Crippen molar-refractivity contribution in [2.45, 2.75) is 13.0 Å². The number of amides is 2. The molecule has 1 atom stereocenters. The standard InChI is InChI=1S/C9H16N2O6/c1-3-17-7(13)4-11(2)9(16)10-6(5-12)8(14)15/h6,12H,3-5H2,1-2H3,(H,10,16)(H,14,15)/t6-/m0/s1. The Morgan fingerprint density at radius 2 is 2.00 bits per heavy atom. The molecule has 0 rings (SSSR count). The van der Waals surface area contributed by atoms with Gasteiger partial charge in [0.15, 0.2) is 6.04 Å². The molecule has 0 fully saturated rings. The molecule has 0 radical (unpaired) electrons. The number of ether oxygens (including phenoxy) is 1. The van der Waals surface area contributed by atoms with Gasteiger partial charge in [-0.3, -0.25) is 4.79 Å². The Morgan fingerprint density at radius 1 is 1.41 bits per heavy atom. The lowest BCUT2D eigenvalue weighted by molar-refractivity contribution is -0.143. The van der Waals surface area contributed by atoms with E-state index in [-0.39, 0.29) is 13.2 Å². The van der Waals surface area contributed by atoms with Crippen LogP contribution in [0, 0.1) is 0 Å². The van der Waals surface area contributed by atoms with Crippen LogP contribution < -0.4 is 5.32 Å². The summed E-state index contributed by atoms with van der Waals surface area (Å²) in [7, 11) is 1.31. The first kappa shape index (κ1) is 15.2. The number of nitrogens with one attached hydrogen (secondary N) is 1. The monoisotopic (exact) mass is 248 g/mol. The molecule has 2 amide bonds. The minimum absolute atomic E-state index is 0.197. The molecular formula is C9H16N2O6. The van der Waals surface area contributed by atoms with E-state index in [0.29, 0.717) is 0 Å². The van der Waals surface area contributed by atoms with E-state index >= 15 is 0 Å². The fraction of sp³-hybridized carbons (Fsp3) is 0.667. The molecule has 0 bridgehead atoms. The number of aliphatic hydroxyl groups is 1. The number of esters is 1. The molecule has 0 saturated carbocycles. The molecule has 17 heavy (non-hydrogen) atoms. The van der Waals surface area contributed by atoms with Crippen LogP contribution in [0.4, 0.5) is 4.79 Å². The molecule has 3 N–H and O–H groups in total. The van der Waals surface area contributed by atoms with Gasteiger partial charge >= 0.3 is 18.0 Å². The molecule has 0 aliphatic rings. The summed E-state index contributed by atoms with van der Waals surface area (Å²) >= 11 is 0. The number of aliphatic hydroxyl groups excluding tert-OH is 1. The minimum Gasteiger partial charge on any atom is -0.480 e. The lowest BCUT2D eigenvalue weighted by atomic mass is 10.3. The lowest BCUT2D eigenvalue weighted by Crippen LogP contribution is -2.49. The van der Waals surface area contributed by atoms with Gasteiger partial charge in [0.25, 0.3) is 0 Å². The molecule has 8 nitrogen and oxygen atoms in total. The number of carboxylic acids is 1. The van der Waals surface area contributed by atoms with Crippen LogP contribution in [0.25, 0.3) is 0 Å². The van der Waals surface area contributed by atoms with Crippen LogP contribution in [0.5, 0.6) is 0 Å². The first-order valence-corrected chi connectivity index (χ1v) is 4.93. The zero-order chi connectivity index (χ0) is 13.4. The molecule has 0 aliphatic carbocycles. The highest BCUT2D eigenvalue weighted by Gasteiger charge is 2.21. The van der Waals surface area contributed by atoms with Gasteiger partial charge in [0, 0.05) is 7.05 Å². The Morgan fingerprint density at radius 3 is 2.41 bits per heavy atom. The maximum Gasteiger partial charge on any atom is 0.328 e. The minimum atomic E-state index is -1.40. The Bertz CT molecular complexity index is 293. The summed E-state index contributed by atoms with van der Waals surface area (Å²) in [6.45, 7) is 0.804. The van der Waals surface area contributed by atoms with Crippen molar-refractivity contribution in [2.75, 3.05) is 26.8 Å². The second kappa shape index (κ2) is 7.44. The van der Waals surface area contributed by atoms with E-state index in [1.165, 1.54) is 7.05 Å². The van der Waals surface area contributed by atoms with Crippen molar-refractivity contribution < 1.29 is 29.3 Å². The molecule has 98 valence electrons. The van der Waals surface area contributed by atoms with E-state index in [4.69, 9.17) is 10.2 Å². The number of rotatable bonds is 6. The van der Waals surface area contributed by atoms with Gasteiger partial charge in [-0.2, -0.15) is 0 Å². The first-order valence-electron chi connectivity index (χ1n) is 4.93. The van der Waals surface area contributed by atoms with E-state index in [0.717, 1.165) is 4.90 Å². The molecule has 0 saturated heterocycles. The van der Waals surface area contributed by atoms with Crippen molar-refractivity contribution in [3.8, 4) is 0 Å². The first-order chi connectivity index (χ1) is 7.92. The second-order valence-electron chi connectivity index (χ2n) is 3.18. The predicted molar refractivity (Wildman–Crippen MR) is 56.3 cm³/mol. The fourth-order valence-corrected chi connectivity index (χ4v) is 0.917. The molecule has 8 heteroatoms. The number of hydrogen-bond acceptors (Lipinski definition) is 5. The van der Waals surface area contributed by atoms with Gasteiger partial charge in [0.1, 0.15) is 6.54 Å². The summed E-state index contributed by atoms with van der Waals surface area (Å²) in [4.78, 5) is 33.9. The lowest BCUT2D eigenvalue weighted by Gasteiger charge is -2.19. The number of likely N-dealkylation sites (N-methyl/N-ethyl adjacent to an activating group) is 1. The van der Waals surface area contributed by atoms with Crippen LogP contribution in [0.1, 0.15) is 6.92 Å². The third kappa shape index (κ3) is 5.71. The van der Waals surface area contributed by atoms with Crippen molar-refractivity contribution in [1.82, 2.24) is 10.2 Å². The van der Waals surface area contributed by atoms with Gasteiger partial charge in [-0.05, 0) is 6.92 Å². The van der Waals surface area contributed by atoms with E-state index in [1.54, 1.807) is 6.92 Å². The van der Waals surface area contributed by atoms with Crippen LogP contribution in [0.15, 0.2) is 0 Å². The number of nitrogens with zero attached hydrogens (tertiary/aromatic N) is 1. The molecule has 0 spiro atoms. The van der Waals surface area contributed by atoms with Gasteiger partial charge in [-0.25, -0.2) is 9.59 Å². The van der Waals surface area contributed by atoms with E-state index in [1.807, 2.05) is 5.32 Å². The van der Waals surface area contributed by atoms with E-state index in [2.05, 4.69) is 4.74 Å². The molecule has 0 aromatic heterocycles. The number of urea groups is 1. The maximum atomic E-state index is 11.4. The molecule has 0 heterocycles. The molecule has 0 aromatic carbocycles. The largest absolute Gasteiger partial charge is 0.480 e. The van der Waals surface area contributed by atoms with Gasteiger partial charge < -0.3 is 25.2 Å². The third-order valence-corrected chi connectivity index (χ3v) is 1.80. The van der Waals surface area contributed by atoms with Crippen molar-refractivity contribution in [3.63, 3.8) is 0 Å². The molecule has 0 aliphatic heterocycles. The maximum absolute atomic E-state index is 11.4. The normalized spacial score (nSPS) is 11.5. The fourth-order valence-electron chi connectivity index (χ4n) is 0.917. The van der Waals surface area contributed by atoms with Crippen LogP contribution in [-0.4, -0.2) is 65.9 Å². The average Bonchev–Trinajstić information content (AvgIpc) is 2.25. The highest BCUT2D eigenvalue weighted by molar-refractivity contribution is 5.85. The highest BCUT2D eigenvalue weighted by atomic mass is 16.5. The van der Waals surface area contributed by atoms with Gasteiger partial charge in [0.2, 0.25) is 0 Å². The molecular weight excluding hydrogens is 232 g/mol. The smallest absolute Gasteiger partial charge is 0.328 e. The van der Waals surface area contributed by atoms with Gasteiger partial charge in [0.05, 0.1) is 13.2 Å². The Hall–Kier alpha value is -1.83. The predicted octanol–water partition coefficient (Wildman–Crippen LogP) is -1.36. The van der Waals surface area contributed by atoms with Gasteiger partial charge in [-0.1, -0.05) is 0 Å². The van der Waals surface area contributed by atoms with Crippen molar-refractivity contribution in [2.24, 2.45) is 0 Å². The Kier molecular flexibility index (Phi) is 6.64. The second-order valence-corrected chi connectivity index (χ2v) is 3.18. The number of carbonyl (C=O) groups excluding carboxylic acids is 2. The molecule has 0 aromatic rings. The Labute approximate surface area is 98.2 Å². The summed E-state index contributed by atoms with van der Waals surface area (Å²) in [6, 6.07) is -2.17. The SMILES string of the molecule is CCOC(=O)CN(C)C(=O)N[C@@H](CO)C(=O)O. The number of hydrogen-bond donors (Lipinski definition) is 3.